The Bertz CT molecular complexity index is 1280. The molecule has 39 heavy (non-hydrogen) atoms. The summed E-state index contributed by atoms with van der Waals surface area (Å²) >= 11 is 0. The number of hydrogen-bond acceptors (Lipinski definition) is 6. The first-order valence-electron chi connectivity index (χ1n) is 13.1. The first-order chi connectivity index (χ1) is 18.5. The zero-order valence-electron chi connectivity index (χ0n) is 22.2. The summed E-state index contributed by atoms with van der Waals surface area (Å²) in [5.41, 5.74) is 10.8. The predicted molar refractivity (Wildman–Crippen MR) is 144 cm³/mol. The van der Waals surface area contributed by atoms with Crippen molar-refractivity contribution in [1.29, 1.82) is 5.41 Å². The van der Waals surface area contributed by atoms with E-state index in [2.05, 4.69) is 0 Å². The molecule has 3 amide bonds. The van der Waals surface area contributed by atoms with Crippen LogP contribution in [0, 0.1) is 23.2 Å². The van der Waals surface area contributed by atoms with Crippen LogP contribution in [0.5, 0.6) is 0 Å². The Hall–Kier alpha value is -4.05. The van der Waals surface area contributed by atoms with Gasteiger partial charge in [-0.2, -0.15) is 0 Å². The number of primary amides is 1. The number of imide groups is 1. The van der Waals surface area contributed by atoms with E-state index in [4.69, 9.17) is 16.9 Å². The minimum atomic E-state index is -1.91. The fraction of sp³-hybridized carbons (Fsp3) is 0.414. The number of nitrogens with two attached hydrogens (primary N) is 2. The number of carboxylic acids is 1. The number of carbonyl (C=O) groups excluding carboxylic acids is 3. The number of carbonyl (C=O) groups is 4. The highest BCUT2D eigenvalue weighted by atomic mass is 16.4. The van der Waals surface area contributed by atoms with Crippen molar-refractivity contribution in [2.45, 2.75) is 44.7 Å². The molecule has 6 N–H and O–H groups in total. The van der Waals surface area contributed by atoms with Crippen LogP contribution in [0.1, 0.15) is 43.4 Å². The third-order valence-electron chi connectivity index (χ3n) is 7.90. The second-order valence-electron chi connectivity index (χ2n) is 10.7. The second kappa shape index (κ2) is 11.0. The minimum Gasteiger partial charge on any atom is -0.480 e. The average molecular weight is 534 g/mol. The largest absolute Gasteiger partial charge is 0.480 e. The number of likely N-dealkylation sites (tertiary alicyclic amines) is 2. The lowest BCUT2D eigenvalue weighted by atomic mass is 9.75. The highest BCUT2D eigenvalue weighted by molar-refractivity contribution is 6.09. The van der Waals surface area contributed by atoms with Gasteiger partial charge in [0.2, 0.25) is 17.7 Å². The van der Waals surface area contributed by atoms with E-state index in [1.54, 1.807) is 17.0 Å². The van der Waals surface area contributed by atoms with Crippen LogP contribution in [-0.2, 0) is 31.1 Å². The van der Waals surface area contributed by atoms with Gasteiger partial charge < -0.3 is 16.6 Å². The lowest BCUT2D eigenvalue weighted by Crippen LogP contribution is -2.57. The Labute approximate surface area is 227 Å². The summed E-state index contributed by atoms with van der Waals surface area (Å²) in [6, 6.07) is 15.0. The molecule has 2 fully saturated rings. The van der Waals surface area contributed by atoms with Crippen molar-refractivity contribution in [2.24, 2.45) is 29.2 Å². The van der Waals surface area contributed by atoms with E-state index in [0.29, 0.717) is 18.4 Å². The van der Waals surface area contributed by atoms with Gasteiger partial charge in [-0.3, -0.25) is 29.6 Å². The van der Waals surface area contributed by atoms with E-state index >= 15 is 0 Å². The van der Waals surface area contributed by atoms with Crippen LogP contribution in [-0.4, -0.2) is 63.6 Å². The van der Waals surface area contributed by atoms with Gasteiger partial charge in [-0.05, 0) is 29.9 Å². The number of benzene rings is 2. The molecule has 0 aliphatic carbocycles. The number of fused-ring (bicyclic) bond motifs is 1. The molecule has 10 heteroatoms. The predicted octanol–water partition coefficient (Wildman–Crippen LogP) is 1.70. The molecule has 2 aliphatic heterocycles. The molecule has 2 aromatic carbocycles. The van der Waals surface area contributed by atoms with Crippen LogP contribution < -0.4 is 11.5 Å². The van der Waals surface area contributed by atoms with Crippen LogP contribution in [0.2, 0.25) is 0 Å². The van der Waals surface area contributed by atoms with E-state index in [-0.39, 0.29) is 42.7 Å². The van der Waals surface area contributed by atoms with Crippen LogP contribution in [0.15, 0.2) is 54.6 Å². The number of nitrogens with zero attached hydrogens (tertiary/aromatic N) is 2. The van der Waals surface area contributed by atoms with Gasteiger partial charge in [0.1, 0.15) is 5.84 Å². The number of nitrogens with one attached hydrogen (secondary N) is 1. The molecule has 0 radical (unpaired) electrons. The third kappa shape index (κ3) is 4.92. The summed E-state index contributed by atoms with van der Waals surface area (Å²) in [5.74, 6) is -5.01. The molecule has 0 saturated carbocycles. The SMILES string of the molecule is CC(C)CC1C2C(=O)N(CCc3ccccc3)C(=O)C2C(C(=O)O)(c2ccc(C(=N)N)cc2)N1CCC(N)=O. The van der Waals surface area contributed by atoms with E-state index in [1.165, 1.54) is 17.0 Å². The lowest BCUT2D eigenvalue weighted by Gasteiger charge is -2.41. The molecule has 2 saturated heterocycles. The van der Waals surface area contributed by atoms with Crippen LogP contribution in [0.25, 0.3) is 0 Å². The maximum atomic E-state index is 14.1. The normalized spacial score (nSPS) is 24.8. The lowest BCUT2D eigenvalue weighted by molar-refractivity contribution is -0.160. The monoisotopic (exact) mass is 533 g/mol. The van der Waals surface area contributed by atoms with Gasteiger partial charge in [0, 0.05) is 31.1 Å². The van der Waals surface area contributed by atoms with Gasteiger partial charge in [0.15, 0.2) is 5.54 Å². The summed E-state index contributed by atoms with van der Waals surface area (Å²) in [7, 11) is 0. The highest BCUT2D eigenvalue weighted by Crippen LogP contribution is 2.55. The van der Waals surface area contributed by atoms with Gasteiger partial charge in [0.05, 0.1) is 11.8 Å². The molecular formula is C29H35N5O5. The number of carboxylic acid groups (broad SMARTS) is 1. The van der Waals surface area contributed by atoms with Crippen molar-refractivity contribution in [3.8, 4) is 0 Å². The first kappa shape index (κ1) is 28.0. The van der Waals surface area contributed by atoms with Crippen molar-refractivity contribution < 1.29 is 24.3 Å². The van der Waals surface area contributed by atoms with E-state index in [0.717, 1.165) is 5.56 Å². The molecule has 0 aromatic heterocycles. The van der Waals surface area contributed by atoms with E-state index in [1.807, 2.05) is 44.2 Å². The molecular weight excluding hydrogens is 498 g/mol. The van der Waals surface area contributed by atoms with Crippen molar-refractivity contribution >= 4 is 29.5 Å². The first-order valence-corrected chi connectivity index (χ1v) is 13.1. The van der Waals surface area contributed by atoms with Gasteiger partial charge >= 0.3 is 5.97 Å². The van der Waals surface area contributed by atoms with E-state index in [9.17, 15) is 24.3 Å². The Kier molecular flexibility index (Phi) is 7.87. The highest BCUT2D eigenvalue weighted by Gasteiger charge is 2.72. The Morgan fingerprint density at radius 1 is 1.00 bits per heavy atom. The molecule has 2 heterocycles. The molecule has 4 rings (SSSR count). The fourth-order valence-corrected chi connectivity index (χ4v) is 6.28. The molecule has 0 spiro atoms. The summed E-state index contributed by atoms with van der Waals surface area (Å²) in [4.78, 5) is 56.1. The van der Waals surface area contributed by atoms with Gasteiger partial charge in [-0.1, -0.05) is 68.4 Å². The zero-order chi connectivity index (χ0) is 28.5. The third-order valence-corrected chi connectivity index (χ3v) is 7.90. The van der Waals surface area contributed by atoms with Crippen molar-refractivity contribution in [1.82, 2.24) is 9.80 Å². The van der Waals surface area contributed by atoms with Crippen molar-refractivity contribution in [3.63, 3.8) is 0 Å². The number of amides is 3. The standard InChI is InChI=1S/C29H35N5O5/c1-17(2)16-21-23-24(27(37)33(26(23)36)14-12-18-6-4-3-5-7-18)29(28(38)39,34(21)15-13-22(30)35)20-10-8-19(9-11-20)25(31)32/h3-11,17,21,23-24H,12-16H2,1-2H3,(H2,30,35)(H3,31,32)(H,38,39). The number of rotatable bonds is 11. The number of amidine groups is 1. The smallest absolute Gasteiger partial charge is 0.329 e. The molecule has 206 valence electrons. The Morgan fingerprint density at radius 3 is 2.18 bits per heavy atom. The van der Waals surface area contributed by atoms with Gasteiger partial charge in [-0.25, -0.2) is 4.79 Å². The summed E-state index contributed by atoms with van der Waals surface area (Å²) in [6.45, 7) is 4.06. The summed E-state index contributed by atoms with van der Waals surface area (Å²) in [5, 5.41) is 18.6. The van der Waals surface area contributed by atoms with Crippen molar-refractivity contribution in [3.05, 3.63) is 71.3 Å². The Morgan fingerprint density at radius 2 is 1.64 bits per heavy atom. The number of aliphatic carboxylic acids is 1. The van der Waals surface area contributed by atoms with Gasteiger partial charge in [0.25, 0.3) is 0 Å². The fourth-order valence-electron chi connectivity index (χ4n) is 6.28. The number of nitrogen functional groups attached to an aromatic ring is 1. The summed E-state index contributed by atoms with van der Waals surface area (Å²) in [6.07, 6.45) is 0.770. The van der Waals surface area contributed by atoms with Gasteiger partial charge in [-0.15, -0.1) is 0 Å². The maximum Gasteiger partial charge on any atom is 0.329 e. The molecule has 0 bridgehead atoms. The molecule has 2 aliphatic rings. The summed E-state index contributed by atoms with van der Waals surface area (Å²) < 4.78 is 0. The van der Waals surface area contributed by atoms with Crippen LogP contribution in [0.4, 0.5) is 0 Å². The quantitative estimate of drug-likeness (QED) is 0.193. The van der Waals surface area contributed by atoms with E-state index < -0.39 is 41.2 Å². The molecule has 4 atom stereocenters. The van der Waals surface area contributed by atoms with Crippen molar-refractivity contribution in [2.75, 3.05) is 13.1 Å². The van der Waals surface area contributed by atoms with Crippen LogP contribution in [0.3, 0.4) is 0 Å². The second-order valence-corrected chi connectivity index (χ2v) is 10.7. The Balaban J connectivity index is 1.86. The minimum absolute atomic E-state index is 0.0228. The molecule has 10 nitrogen and oxygen atoms in total. The average Bonchev–Trinajstić information content (AvgIpc) is 3.31. The number of hydrogen-bond donors (Lipinski definition) is 4. The molecule has 2 aromatic rings. The maximum absolute atomic E-state index is 14.1. The van der Waals surface area contributed by atoms with Crippen LogP contribution >= 0.6 is 0 Å². The topological polar surface area (TPSA) is 171 Å². The molecule has 4 unspecified atom stereocenters. The zero-order valence-corrected chi connectivity index (χ0v) is 22.2.